The summed E-state index contributed by atoms with van der Waals surface area (Å²) in [5.74, 6) is 1.09. The number of methoxy groups -OCH3 is 1. The molecule has 3 rings (SSSR count). The maximum absolute atomic E-state index is 9.67. The van der Waals surface area contributed by atoms with Crippen molar-refractivity contribution in [2.75, 3.05) is 7.11 Å². The maximum Gasteiger partial charge on any atom is 0.258 e. The minimum Gasteiger partial charge on any atom is -0.507 e. The predicted molar refractivity (Wildman–Crippen MR) is 76.7 cm³/mol. The molecule has 3 aromatic rings. The molecule has 0 bridgehead atoms. The lowest BCUT2D eigenvalue weighted by Gasteiger charge is -1.98. The van der Waals surface area contributed by atoms with E-state index in [-0.39, 0.29) is 11.6 Å². The zero-order valence-electron chi connectivity index (χ0n) is 10.8. The zero-order valence-corrected chi connectivity index (χ0v) is 12.4. The molecule has 2 heterocycles. The van der Waals surface area contributed by atoms with Gasteiger partial charge in [-0.05, 0) is 40.2 Å². The fourth-order valence-corrected chi connectivity index (χ4v) is 1.89. The highest BCUT2D eigenvalue weighted by Gasteiger charge is 2.13. The lowest BCUT2D eigenvalue weighted by molar-refractivity contribution is 0.392. The minimum absolute atomic E-state index is 0.0940. The molecule has 0 aliphatic rings. The molecule has 1 N–H and O–H groups in total. The average molecular weight is 349 g/mol. The Morgan fingerprint density at radius 2 is 2.05 bits per heavy atom. The van der Waals surface area contributed by atoms with Gasteiger partial charge in [0.05, 0.1) is 11.6 Å². The van der Waals surface area contributed by atoms with E-state index in [4.69, 9.17) is 9.26 Å². The largest absolute Gasteiger partial charge is 0.507 e. The first-order chi connectivity index (χ1) is 10.2. The fourth-order valence-electron chi connectivity index (χ4n) is 1.64. The molecule has 8 heteroatoms. The van der Waals surface area contributed by atoms with Gasteiger partial charge in [-0.1, -0.05) is 5.16 Å². The van der Waals surface area contributed by atoms with E-state index in [1.54, 1.807) is 24.3 Å². The quantitative estimate of drug-likeness (QED) is 0.777. The molecule has 1 aromatic carbocycles. The first-order valence-electron chi connectivity index (χ1n) is 5.88. The Labute approximate surface area is 127 Å². The normalized spacial score (nSPS) is 10.6. The van der Waals surface area contributed by atoms with E-state index in [2.05, 4.69) is 36.3 Å². The number of aromatic nitrogens is 4. The summed E-state index contributed by atoms with van der Waals surface area (Å²) in [6.45, 7) is 0. The number of halogens is 1. The number of rotatable bonds is 3. The van der Waals surface area contributed by atoms with E-state index in [1.165, 1.54) is 13.2 Å². The molecular weight excluding hydrogens is 340 g/mol. The van der Waals surface area contributed by atoms with Crippen molar-refractivity contribution >= 4 is 15.9 Å². The van der Waals surface area contributed by atoms with Crippen molar-refractivity contribution < 1.29 is 14.4 Å². The van der Waals surface area contributed by atoms with Crippen molar-refractivity contribution in [3.05, 3.63) is 34.8 Å². The molecule has 106 valence electrons. The number of hydrogen-bond acceptors (Lipinski definition) is 7. The SMILES string of the molecule is COc1ccc(-c2noc(-c3ccc(Br)c(O)c3)n2)nn1. The summed E-state index contributed by atoms with van der Waals surface area (Å²) in [6, 6.07) is 8.31. The molecule has 0 radical (unpaired) electrons. The van der Waals surface area contributed by atoms with Gasteiger partial charge in [-0.2, -0.15) is 4.98 Å². The van der Waals surface area contributed by atoms with E-state index < -0.39 is 0 Å². The first-order valence-corrected chi connectivity index (χ1v) is 6.67. The van der Waals surface area contributed by atoms with E-state index in [9.17, 15) is 5.11 Å². The number of aromatic hydroxyl groups is 1. The number of phenolic OH excluding ortho intramolecular Hbond substituents is 1. The van der Waals surface area contributed by atoms with Gasteiger partial charge in [0.2, 0.25) is 11.7 Å². The topological polar surface area (TPSA) is 94.2 Å². The number of ether oxygens (including phenoxy) is 1. The summed E-state index contributed by atoms with van der Waals surface area (Å²) in [4.78, 5) is 4.23. The van der Waals surface area contributed by atoms with Crippen LogP contribution >= 0.6 is 15.9 Å². The summed E-state index contributed by atoms with van der Waals surface area (Å²) in [5.41, 5.74) is 1.07. The fraction of sp³-hybridized carbons (Fsp3) is 0.0769. The lowest BCUT2D eigenvalue weighted by atomic mass is 10.2. The Morgan fingerprint density at radius 1 is 1.19 bits per heavy atom. The Kier molecular flexibility index (Phi) is 3.53. The second-order valence-electron chi connectivity index (χ2n) is 4.05. The van der Waals surface area contributed by atoms with Crippen molar-refractivity contribution in [1.82, 2.24) is 20.3 Å². The van der Waals surface area contributed by atoms with Crippen molar-refractivity contribution in [2.24, 2.45) is 0 Å². The molecule has 0 atom stereocenters. The third kappa shape index (κ3) is 2.70. The smallest absolute Gasteiger partial charge is 0.258 e. The number of phenols is 1. The van der Waals surface area contributed by atoms with Crippen LogP contribution in [0.25, 0.3) is 23.0 Å². The van der Waals surface area contributed by atoms with Gasteiger partial charge in [-0.3, -0.25) is 0 Å². The molecule has 7 nitrogen and oxygen atoms in total. The highest BCUT2D eigenvalue weighted by molar-refractivity contribution is 9.10. The molecule has 0 saturated carbocycles. The Morgan fingerprint density at radius 3 is 2.71 bits per heavy atom. The van der Waals surface area contributed by atoms with Gasteiger partial charge < -0.3 is 14.4 Å². The molecule has 0 spiro atoms. The molecular formula is C13H9BrN4O3. The van der Waals surface area contributed by atoms with Crippen LogP contribution in [0.2, 0.25) is 0 Å². The molecule has 0 amide bonds. The average Bonchev–Trinajstić information content (AvgIpc) is 3.00. The number of nitrogens with zero attached hydrogens (tertiary/aromatic N) is 4. The van der Waals surface area contributed by atoms with Gasteiger partial charge in [0.1, 0.15) is 11.4 Å². The van der Waals surface area contributed by atoms with Gasteiger partial charge in [-0.15, -0.1) is 10.2 Å². The maximum atomic E-state index is 9.67. The Bertz CT molecular complexity index is 773. The van der Waals surface area contributed by atoms with E-state index in [1.807, 2.05) is 0 Å². The van der Waals surface area contributed by atoms with Crippen molar-refractivity contribution in [1.29, 1.82) is 0 Å². The summed E-state index contributed by atoms with van der Waals surface area (Å²) < 4.78 is 10.7. The van der Waals surface area contributed by atoms with Gasteiger partial charge in [0.15, 0.2) is 0 Å². The first kappa shape index (κ1) is 13.5. The third-order valence-electron chi connectivity index (χ3n) is 2.70. The number of hydrogen-bond donors (Lipinski definition) is 1. The molecule has 0 fully saturated rings. The van der Waals surface area contributed by atoms with Gasteiger partial charge in [0.25, 0.3) is 5.89 Å². The Hall–Kier alpha value is -2.48. The van der Waals surface area contributed by atoms with E-state index in [0.29, 0.717) is 27.4 Å². The van der Waals surface area contributed by atoms with Crippen LogP contribution in [-0.2, 0) is 0 Å². The van der Waals surface area contributed by atoms with Crippen molar-refractivity contribution in [2.45, 2.75) is 0 Å². The van der Waals surface area contributed by atoms with Crippen LogP contribution in [0.1, 0.15) is 0 Å². The van der Waals surface area contributed by atoms with Crippen LogP contribution in [-0.4, -0.2) is 32.6 Å². The number of benzene rings is 1. The molecule has 0 aliphatic carbocycles. The molecule has 21 heavy (non-hydrogen) atoms. The van der Waals surface area contributed by atoms with Crippen LogP contribution in [0.15, 0.2) is 39.3 Å². The summed E-state index contributed by atoms with van der Waals surface area (Å²) in [7, 11) is 1.51. The van der Waals surface area contributed by atoms with Crippen LogP contribution in [0.5, 0.6) is 11.6 Å². The Balaban J connectivity index is 1.93. The molecule has 0 saturated heterocycles. The van der Waals surface area contributed by atoms with Gasteiger partial charge in [-0.25, -0.2) is 0 Å². The summed E-state index contributed by atoms with van der Waals surface area (Å²) >= 11 is 3.21. The summed E-state index contributed by atoms with van der Waals surface area (Å²) in [5, 5.41) is 21.3. The minimum atomic E-state index is 0.0940. The molecule has 0 aliphatic heterocycles. The van der Waals surface area contributed by atoms with Crippen LogP contribution < -0.4 is 4.74 Å². The second kappa shape index (κ2) is 5.49. The van der Waals surface area contributed by atoms with E-state index >= 15 is 0 Å². The van der Waals surface area contributed by atoms with Gasteiger partial charge in [0, 0.05) is 11.6 Å². The second-order valence-corrected chi connectivity index (χ2v) is 4.90. The standard InChI is InChI=1S/C13H9BrN4O3/c1-20-11-5-4-9(16-17-11)12-15-13(21-18-12)7-2-3-8(14)10(19)6-7/h2-6,19H,1H3. The predicted octanol–water partition coefficient (Wildman–Crippen LogP) is 2.67. The van der Waals surface area contributed by atoms with Crippen molar-refractivity contribution in [3.63, 3.8) is 0 Å². The monoisotopic (exact) mass is 348 g/mol. The molecule has 0 unspecified atom stereocenters. The zero-order chi connectivity index (χ0) is 14.8. The molecule has 2 aromatic heterocycles. The van der Waals surface area contributed by atoms with Crippen LogP contribution in [0.4, 0.5) is 0 Å². The van der Waals surface area contributed by atoms with Gasteiger partial charge >= 0.3 is 0 Å². The highest BCUT2D eigenvalue weighted by Crippen LogP contribution is 2.29. The third-order valence-corrected chi connectivity index (χ3v) is 3.37. The van der Waals surface area contributed by atoms with Crippen molar-refractivity contribution in [3.8, 4) is 34.6 Å². The highest BCUT2D eigenvalue weighted by atomic mass is 79.9. The van der Waals surface area contributed by atoms with Crippen LogP contribution in [0, 0.1) is 0 Å². The van der Waals surface area contributed by atoms with E-state index in [0.717, 1.165) is 0 Å². The van der Waals surface area contributed by atoms with Crippen LogP contribution in [0.3, 0.4) is 0 Å². The summed E-state index contributed by atoms with van der Waals surface area (Å²) in [6.07, 6.45) is 0. The lowest BCUT2D eigenvalue weighted by Crippen LogP contribution is -1.93.